The van der Waals surface area contributed by atoms with Gasteiger partial charge in [0.2, 0.25) is 5.91 Å². The second-order valence-corrected chi connectivity index (χ2v) is 5.60. The van der Waals surface area contributed by atoms with Crippen LogP contribution in [0, 0.1) is 0 Å². The molecule has 3 amide bonds. The highest BCUT2D eigenvalue weighted by atomic mass is 16.2. The summed E-state index contributed by atoms with van der Waals surface area (Å²) in [4.78, 5) is 37.1. The summed E-state index contributed by atoms with van der Waals surface area (Å²) >= 11 is 0. The molecule has 0 spiro atoms. The number of nitrogens with zero attached hydrogens (tertiary/aromatic N) is 3. The van der Waals surface area contributed by atoms with Crippen LogP contribution < -0.4 is 10.6 Å². The lowest BCUT2D eigenvalue weighted by Gasteiger charge is -2.33. The first-order valence-corrected chi connectivity index (χ1v) is 7.81. The van der Waals surface area contributed by atoms with Gasteiger partial charge in [-0.05, 0) is 18.9 Å². The molecule has 8 heteroatoms. The number of hydrogen-bond acceptors (Lipinski definition) is 4. The Hall–Kier alpha value is -2.64. The van der Waals surface area contributed by atoms with Crippen LogP contribution in [0.1, 0.15) is 26.2 Å². The summed E-state index contributed by atoms with van der Waals surface area (Å²) < 4.78 is 0. The Kier molecular flexibility index (Phi) is 4.40. The van der Waals surface area contributed by atoms with E-state index < -0.39 is 0 Å². The predicted molar refractivity (Wildman–Crippen MR) is 85.9 cm³/mol. The zero-order valence-corrected chi connectivity index (χ0v) is 13.0. The average molecular weight is 316 g/mol. The van der Waals surface area contributed by atoms with Crippen LogP contribution in [-0.2, 0) is 4.79 Å². The second kappa shape index (κ2) is 6.64. The van der Waals surface area contributed by atoms with Crippen LogP contribution in [0.4, 0.5) is 10.6 Å². The van der Waals surface area contributed by atoms with Crippen LogP contribution in [-0.4, -0.2) is 50.9 Å². The maximum atomic E-state index is 12.1. The number of aromatic amines is 1. The Bertz CT molecular complexity index is 713. The van der Waals surface area contributed by atoms with E-state index >= 15 is 0 Å². The molecule has 0 radical (unpaired) electrons. The molecule has 1 atom stereocenters. The van der Waals surface area contributed by atoms with E-state index in [0.29, 0.717) is 29.9 Å². The number of fused-ring (bicyclic) bond motifs is 1. The highest BCUT2D eigenvalue weighted by molar-refractivity contribution is 5.89. The van der Waals surface area contributed by atoms with Crippen LogP contribution >= 0.6 is 0 Å². The fraction of sp³-hybridized carbons (Fsp3) is 0.467. The fourth-order valence-corrected chi connectivity index (χ4v) is 2.77. The Labute approximate surface area is 133 Å². The second-order valence-electron chi connectivity index (χ2n) is 5.60. The zero-order chi connectivity index (χ0) is 16.2. The van der Waals surface area contributed by atoms with E-state index in [1.54, 1.807) is 17.2 Å². The Morgan fingerprint density at radius 3 is 3.17 bits per heavy atom. The molecule has 3 rings (SSSR count). The monoisotopic (exact) mass is 316 g/mol. The van der Waals surface area contributed by atoms with Crippen LogP contribution in [0.25, 0.3) is 11.2 Å². The molecule has 0 saturated carbocycles. The van der Waals surface area contributed by atoms with E-state index in [0.717, 1.165) is 19.4 Å². The first-order valence-electron chi connectivity index (χ1n) is 7.81. The number of carbonyl (C=O) groups excluding carboxylic acids is 2. The minimum absolute atomic E-state index is 0.0387. The summed E-state index contributed by atoms with van der Waals surface area (Å²) in [5.41, 5.74) is 1.37. The smallest absolute Gasteiger partial charge is 0.320 e. The third-order valence-electron chi connectivity index (χ3n) is 3.91. The van der Waals surface area contributed by atoms with Gasteiger partial charge in [0.15, 0.2) is 11.5 Å². The summed E-state index contributed by atoms with van der Waals surface area (Å²) in [7, 11) is 0. The molecular formula is C15H20N6O2. The van der Waals surface area contributed by atoms with Gasteiger partial charge in [-0.25, -0.2) is 14.8 Å². The van der Waals surface area contributed by atoms with Crippen molar-refractivity contribution in [3.63, 3.8) is 0 Å². The number of urea groups is 1. The molecule has 8 nitrogen and oxygen atoms in total. The summed E-state index contributed by atoms with van der Waals surface area (Å²) in [6.45, 7) is 3.17. The van der Waals surface area contributed by atoms with Gasteiger partial charge in [-0.2, -0.15) is 0 Å². The minimum atomic E-state index is -0.329. The van der Waals surface area contributed by atoms with Gasteiger partial charge in [0.05, 0.1) is 6.20 Å². The van der Waals surface area contributed by atoms with E-state index in [-0.39, 0.29) is 18.0 Å². The number of H-pyrrole nitrogens is 1. The predicted octanol–water partition coefficient (Wildman–Crippen LogP) is 1.48. The van der Waals surface area contributed by atoms with Crippen molar-refractivity contribution in [3.8, 4) is 0 Å². The molecule has 0 aromatic carbocycles. The number of carbonyl (C=O) groups is 2. The minimum Gasteiger partial charge on any atom is -0.345 e. The summed E-state index contributed by atoms with van der Waals surface area (Å²) in [5, 5.41) is 5.59. The summed E-state index contributed by atoms with van der Waals surface area (Å²) in [6.07, 6.45) is 5.50. The average Bonchev–Trinajstić information content (AvgIpc) is 3.02. The van der Waals surface area contributed by atoms with E-state index in [2.05, 4.69) is 25.6 Å². The van der Waals surface area contributed by atoms with Crippen molar-refractivity contribution in [2.75, 3.05) is 18.4 Å². The molecule has 1 aliphatic heterocycles. The third kappa shape index (κ3) is 3.58. The standard InChI is InChI=1S/C15H20N6O2/c1-2-13(22)21-7-3-4-10(9-21)18-15(23)20-12-8-17-14-11(19-12)5-6-16-14/h5-6,8,10H,2-4,7,9H2,1H3,(H,16,17)(H2,18,19,20,23). The fourth-order valence-electron chi connectivity index (χ4n) is 2.77. The van der Waals surface area contributed by atoms with Crippen LogP contribution in [0.2, 0.25) is 0 Å². The highest BCUT2D eigenvalue weighted by Crippen LogP contribution is 2.12. The van der Waals surface area contributed by atoms with Crippen LogP contribution in [0.3, 0.4) is 0 Å². The van der Waals surface area contributed by atoms with Crippen LogP contribution in [0.5, 0.6) is 0 Å². The lowest BCUT2D eigenvalue weighted by Crippen LogP contribution is -2.50. The van der Waals surface area contributed by atoms with Crippen molar-refractivity contribution in [3.05, 3.63) is 18.5 Å². The lowest BCUT2D eigenvalue weighted by molar-refractivity contribution is -0.132. The van der Waals surface area contributed by atoms with E-state index in [1.807, 2.05) is 6.92 Å². The first-order chi connectivity index (χ1) is 11.2. The summed E-state index contributed by atoms with van der Waals surface area (Å²) in [6, 6.07) is 1.43. The molecule has 3 N–H and O–H groups in total. The van der Waals surface area contributed by atoms with Crippen molar-refractivity contribution in [1.29, 1.82) is 0 Å². The molecule has 1 unspecified atom stereocenters. The molecule has 1 aliphatic rings. The van der Waals surface area contributed by atoms with E-state index in [4.69, 9.17) is 0 Å². The van der Waals surface area contributed by atoms with Crippen molar-refractivity contribution in [1.82, 2.24) is 25.2 Å². The molecule has 1 fully saturated rings. The number of anilines is 1. The normalized spacial score (nSPS) is 18.0. The number of likely N-dealkylation sites (tertiary alicyclic amines) is 1. The largest absolute Gasteiger partial charge is 0.345 e. The molecule has 122 valence electrons. The van der Waals surface area contributed by atoms with Crippen molar-refractivity contribution in [2.24, 2.45) is 0 Å². The molecular weight excluding hydrogens is 296 g/mol. The highest BCUT2D eigenvalue weighted by Gasteiger charge is 2.23. The zero-order valence-electron chi connectivity index (χ0n) is 13.0. The molecule has 2 aromatic rings. The summed E-state index contributed by atoms with van der Waals surface area (Å²) in [5.74, 6) is 0.521. The van der Waals surface area contributed by atoms with Gasteiger partial charge in [0.25, 0.3) is 0 Å². The molecule has 1 saturated heterocycles. The van der Waals surface area contributed by atoms with Gasteiger partial charge < -0.3 is 15.2 Å². The van der Waals surface area contributed by atoms with E-state index in [1.165, 1.54) is 6.20 Å². The Morgan fingerprint density at radius 2 is 2.35 bits per heavy atom. The van der Waals surface area contributed by atoms with Gasteiger partial charge in [-0.3, -0.25) is 10.1 Å². The topological polar surface area (TPSA) is 103 Å². The van der Waals surface area contributed by atoms with Crippen LogP contribution in [0.15, 0.2) is 18.5 Å². The molecule has 23 heavy (non-hydrogen) atoms. The number of rotatable bonds is 3. The number of hydrogen-bond donors (Lipinski definition) is 3. The third-order valence-corrected chi connectivity index (χ3v) is 3.91. The van der Waals surface area contributed by atoms with Gasteiger partial charge in [0.1, 0.15) is 5.52 Å². The Morgan fingerprint density at radius 1 is 1.48 bits per heavy atom. The maximum Gasteiger partial charge on any atom is 0.320 e. The number of amides is 3. The maximum absolute atomic E-state index is 12.1. The SMILES string of the molecule is CCC(=O)N1CCCC(NC(=O)Nc2cnc3[nH]ccc3n2)C1. The lowest BCUT2D eigenvalue weighted by atomic mass is 10.1. The van der Waals surface area contributed by atoms with Gasteiger partial charge in [-0.15, -0.1) is 0 Å². The van der Waals surface area contributed by atoms with Crippen molar-refractivity contribution in [2.45, 2.75) is 32.2 Å². The molecule has 3 heterocycles. The number of piperidine rings is 1. The quantitative estimate of drug-likeness (QED) is 0.798. The van der Waals surface area contributed by atoms with Crippen molar-refractivity contribution < 1.29 is 9.59 Å². The van der Waals surface area contributed by atoms with Crippen molar-refractivity contribution >= 4 is 28.9 Å². The molecule has 0 aliphatic carbocycles. The number of aromatic nitrogens is 3. The number of nitrogens with one attached hydrogen (secondary N) is 3. The first kappa shape index (κ1) is 15.3. The molecule has 2 aromatic heterocycles. The van der Waals surface area contributed by atoms with Gasteiger partial charge in [0, 0.05) is 31.7 Å². The van der Waals surface area contributed by atoms with Gasteiger partial charge in [-0.1, -0.05) is 6.92 Å². The van der Waals surface area contributed by atoms with Gasteiger partial charge >= 0.3 is 6.03 Å². The molecule has 0 bridgehead atoms. The Balaban J connectivity index is 1.57. The van der Waals surface area contributed by atoms with E-state index in [9.17, 15) is 9.59 Å².